The number of fused-ring (bicyclic) bond motifs is 1. The molecule has 0 amide bonds. The summed E-state index contributed by atoms with van der Waals surface area (Å²) in [5, 5.41) is 1.07. The summed E-state index contributed by atoms with van der Waals surface area (Å²) in [6.07, 6.45) is -0.246. The molecule has 1 atom stereocenters. The van der Waals surface area contributed by atoms with Crippen LogP contribution >= 0.6 is 0 Å². The van der Waals surface area contributed by atoms with E-state index in [1.165, 1.54) is 23.4 Å². The molecule has 37 heavy (non-hydrogen) atoms. The molecule has 0 saturated carbocycles. The average molecular weight is 498 g/mol. The van der Waals surface area contributed by atoms with E-state index in [1.807, 2.05) is 31.2 Å². The molecule has 4 nitrogen and oxygen atoms in total. The van der Waals surface area contributed by atoms with Crippen molar-refractivity contribution in [1.82, 2.24) is 9.88 Å². The summed E-state index contributed by atoms with van der Waals surface area (Å²) in [7, 11) is 2.17. The van der Waals surface area contributed by atoms with Gasteiger partial charge in [0, 0.05) is 48.5 Å². The van der Waals surface area contributed by atoms with E-state index < -0.39 is 0 Å². The molecule has 1 aliphatic rings. The molecule has 5 rings (SSSR count). The van der Waals surface area contributed by atoms with Gasteiger partial charge in [-0.2, -0.15) is 0 Å². The molecule has 192 valence electrons. The molecule has 0 aliphatic carbocycles. The summed E-state index contributed by atoms with van der Waals surface area (Å²) in [5.41, 5.74) is 7.30. The van der Waals surface area contributed by atoms with Gasteiger partial charge in [0.1, 0.15) is 17.7 Å². The van der Waals surface area contributed by atoms with Gasteiger partial charge in [-0.05, 0) is 79.9 Å². The highest BCUT2D eigenvalue weighted by Gasteiger charge is 2.23. The monoisotopic (exact) mass is 497 g/mol. The maximum Gasteiger partial charge on any atom is 0.123 e. The molecule has 1 unspecified atom stereocenters. The lowest BCUT2D eigenvalue weighted by atomic mass is 9.91. The summed E-state index contributed by atoms with van der Waals surface area (Å²) in [5.74, 6) is 0.997. The first-order valence-electron chi connectivity index (χ1n) is 13.2. The predicted molar refractivity (Wildman–Crippen MR) is 151 cm³/mol. The number of ether oxygens (including phenoxy) is 1. The Morgan fingerprint density at radius 2 is 1.59 bits per heavy atom. The van der Waals surface area contributed by atoms with Crippen LogP contribution in [-0.4, -0.2) is 43.1 Å². The van der Waals surface area contributed by atoms with Gasteiger partial charge < -0.3 is 14.5 Å². The molecule has 1 saturated heterocycles. The molecule has 2 heterocycles. The molecule has 0 bridgehead atoms. The van der Waals surface area contributed by atoms with Crippen LogP contribution in [0.3, 0.4) is 0 Å². The number of pyridine rings is 1. The van der Waals surface area contributed by atoms with Crippen LogP contribution in [-0.2, 0) is 0 Å². The third kappa shape index (κ3) is 5.19. The highest BCUT2D eigenvalue weighted by molar-refractivity contribution is 5.98. The number of para-hydroxylation sites is 1. The molecular weight excluding hydrogens is 461 g/mol. The number of aryl methyl sites for hydroxylation is 1. The summed E-state index contributed by atoms with van der Waals surface area (Å²) >= 11 is 0. The lowest BCUT2D eigenvalue weighted by molar-refractivity contribution is 0.223. The van der Waals surface area contributed by atoms with Crippen LogP contribution in [0.4, 0.5) is 10.1 Å². The second-order valence-electron chi connectivity index (χ2n) is 10.4. The first kappa shape index (κ1) is 25.2. The summed E-state index contributed by atoms with van der Waals surface area (Å²) in [6, 6.07) is 21.6. The van der Waals surface area contributed by atoms with Crippen molar-refractivity contribution in [2.75, 3.05) is 38.1 Å². The Labute approximate surface area is 219 Å². The van der Waals surface area contributed by atoms with Crippen molar-refractivity contribution in [2.24, 2.45) is 0 Å². The lowest BCUT2D eigenvalue weighted by Crippen LogP contribution is -2.44. The average Bonchev–Trinajstić information content (AvgIpc) is 2.89. The second-order valence-corrected chi connectivity index (χ2v) is 10.4. The smallest absolute Gasteiger partial charge is 0.123 e. The van der Waals surface area contributed by atoms with Crippen molar-refractivity contribution in [3.05, 3.63) is 89.4 Å². The van der Waals surface area contributed by atoms with Gasteiger partial charge in [0.05, 0.1) is 5.52 Å². The van der Waals surface area contributed by atoms with Crippen LogP contribution in [0.5, 0.6) is 5.75 Å². The van der Waals surface area contributed by atoms with Gasteiger partial charge in [-0.15, -0.1) is 0 Å². The zero-order valence-corrected chi connectivity index (χ0v) is 22.5. The van der Waals surface area contributed by atoms with Crippen molar-refractivity contribution in [3.8, 4) is 16.9 Å². The normalized spacial score (nSPS) is 15.4. The van der Waals surface area contributed by atoms with E-state index in [4.69, 9.17) is 9.72 Å². The Morgan fingerprint density at radius 3 is 2.30 bits per heavy atom. The molecule has 0 radical (unpaired) electrons. The zero-order valence-electron chi connectivity index (χ0n) is 22.5. The van der Waals surface area contributed by atoms with E-state index in [-0.39, 0.29) is 11.9 Å². The van der Waals surface area contributed by atoms with Gasteiger partial charge in [-0.1, -0.05) is 44.2 Å². The van der Waals surface area contributed by atoms with Crippen molar-refractivity contribution in [2.45, 2.75) is 39.7 Å². The minimum atomic E-state index is -0.246. The predicted octanol–water partition coefficient (Wildman–Crippen LogP) is 7.36. The quantitative estimate of drug-likeness (QED) is 0.278. The van der Waals surface area contributed by atoms with E-state index in [1.54, 1.807) is 0 Å². The molecule has 4 aromatic rings. The maximum absolute atomic E-state index is 14.0. The molecule has 1 aromatic heterocycles. The number of piperazine rings is 1. The number of benzene rings is 3. The number of nitrogens with zero attached hydrogens (tertiary/aromatic N) is 3. The fourth-order valence-electron chi connectivity index (χ4n) is 5.39. The van der Waals surface area contributed by atoms with Crippen molar-refractivity contribution in [3.63, 3.8) is 0 Å². The summed E-state index contributed by atoms with van der Waals surface area (Å²) in [4.78, 5) is 9.81. The number of rotatable bonds is 6. The van der Waals surface area contributed by atoms with Gasteiger partial charge in [-0.25, -0.2) is 4.39 Å². The van der Waals surface area contributed by atoms with Crippen molar-refractivity contribution < 1.29 is 9.13 Å². The Balaban J connectivity index is 1.66. The Bertz CT molecular complexity index is 1390. The molecule has 5 heteroatoms. The van der Waals surface area contributed by atoms with E-state index in [2.05, 4.69) is 68.0 Å². The minimum absolute atomic E-state index is 0.242. The van der Waals surface area contributed by atoms with Gasteiger partial charge in [0.2, 0.25) is 0 Å². The molecule has 0 N–H and O–H groups in total. The maximum atomic E-state index is 14.0. The highest BCUT2D eigenvalue weighted by Crippen LogP contribution is 2.40. The number of hydrogen-bond acceptors (Lipinski definition) is 4. The summed E-state index contributed by atoms with van der Waals surface area (Å²) < 4.78 is 20.6. The lowest BCUT2D eigenvalue weighted by Gasteiger charge is -2.34. The third-order valence-corrected chi connectivity index (χ3v) is 7.45. The standard InChI is InChI=1S/C32H36FN3O/c1-21(2)27-8-6-7-9-30(27)37-23(4)31-22(3)34-29-15-14-26(36-18-16-35(5)17-19-36)20-28(29)32(31)24-10-12-25(33)13-11-24/h6-15,20-21,23H,16-19H2,1-5H3. The van der Waals surface area contributed by atoms with E-state index in [9.17, 15) is 4.39 Å². The SMILES string of the molecule is Cc1nc2ccc(N3CCN(C)CC3)cc2c(-c2ccc(F)cc2)c1C(C)Oc1ccccc1C(C)C. The number of halogens is 1. The largest absolute Gasteiger partial charge is 0.486 e. The van der Waals surface area contributed by atoms with Crippen LogP contribution in [0.2, 0.25) is 0 Å². The minimum Gasteiger partial charge on any atom is -0.486 e. The van der Waals surface area contributed by atoms with Gasteiger partial charge in [0.25, 0.3) is 0 Å². The number of aromatic nitrogens is 1. The molecule has 1 aliphatic heterocycles. The van der Waals surface area contributed by atoms with Gasteiger partial charge in [-0.3, -0.25) is 4.98 Å². The molecule has 3 aromatic carbocycles. The Hall–Kier alpha value is -3.44. The zero-order chi connectivity index (χ0) is 26.1. The van der Waals surface area contributed by atoms with Gasteiger partial charge >= 0.3 is 0 Å². The Kier molecular flexibility index (Phi) is 7.16. The van der Waals surface area contributed by atoms with Crippen LogP contribution in [0.25, 0.3) is 22.0 Å². The molecule has 0 spiro atoms. The first-order chi connectivity index (χ1) is 17.8. The van der Waals surface area contributed by atoms with Crippen LogP contribution in [0.1, 0.15) is 49.6 Å². The topological polar surface area (TPSA) is 28.6 Å². The number of anilines is 1. The summed E-state index contributed by atoms with van der Waals surface area (Å²) in [6.45, 7) is 12.6. The van der Waals surface area contributed by atoms with E-state index in [0.29, 0.717) is 5.92 Å². The van der Waals surface area contributed by atoms with Crippen LogP contribution in [0, 0.1) is 12.7 Å². The fourth-order valence-corrected chi connectivity index (χ4v) is 5.39. The van der Waals surface area contributed by atoms with Crippen molar-refractivity contribution in [1.29, 1.82) is 0 Å². The molecule has 1 fully saturated rings. The number of hydrogen-bond donors (Lipinski definition) is 0. The molecular formula is C32H36FN3O. The van der Waals surface area contributed by atoms with Gasteiger partial charge in [0.15, 0.2) is 0 Å². The fraction of sp³-hybridized carbons (Fsp3) is 0.344. The number of likely N-dealkylation sites (N-methyl/N-ethyl adjacent to an activating group) is 1. The first-order valence-corrected chi connectivity index (χ1v) is 13.2. The van der Waals surface area contributed by atoms with E-state index >= 15 is 0 Å². The third-order valence-electron chi connectivity index (χ3n) is 7.45. The van der Waals surface area contributed by atoms with Crippen LogP contribution in [0.15, 0.2) is 66.7 Å². The van der Waals surface area contributed by atoms with Crippen LogP contribution < -0.4 is 9.64 Å². The second kappa shape index (κ2) is 10.5. The van der Waals surface area contributed by atoms with E-state index in [0.717, 1.165) is 65.2 Å². The van der Waals surface area contributed by atoms with Crippen molar-refractivity contribution >= 4 is 16.6 Å². The Morgan fingerprint density at radius 1 is 0.892 bits per heavy atom. The highest BCUT2D eigenvalue weighted by atomic mass is 19.1.